The predicted octanol–water partition coefficient (Wildman–Crippen LogP) is 3.05. The van der Waals surface area contributed by atoms with Crippen LogP contribution in [0.5, 0.6) is 23.0 Å². The van der Waals surface area contributed by atoms with Crippen molar-refractivity contribution in [3.05, 3.63) is 42.5 Å². The molecular weight excluding hydrogens is 378 g/mol. The zero-order chi connectivity index (χ0) is 21.1. The zero-order valence-electron chi connectivity index (χ0n) is 16.7. The van der Waals surface area contributed by atoms with Crippen LogP contribution in [0.15, 0.2) is 42.5 Å². The third-order valence-electron chi connectivity index (χ3n) is 3.76. The number of hydrogen-bond donors (Lipinski definition) is 1. The van der Waals surface area contributed by atoms with E-state index in [-0.39, 0.29) is 13.0 Å². The van der Waals surface area contributed by atoms with Gasteiger partial charge in [0.05, 0.1) is 39.5 Å². The largest absolute Gasteiger partial charge is 0.497 e. The van der Waals surface area contributed by atoms with Gasteiger partial charge in [-0.15, -0.1) is 0 Å². The fourth-order valence-corrected chi connectivity index (χ4v) is 2.39. The molecule has 0 atom stereocenters. The van der Waals surface area contributed by atoms with Crippen LogP contribution in [0.1, 0.15) is 13.3 Å². The molecule has 0 spiro atoms. The normalized spacial score (nSPS) is 10.0. The number of carbonyl (C=O) groups is 2. The van der Waals surface area contributed by atoms with Gasteiger partial charge in [0.25, 0.3) is 5.91 Å². The van der Waals surface area contributed by atoms with Crippen LogP contribution < -0.4 is 24.3 Å². The van der Waals surface area contributed by atoms with Gasteiger partial charge < -0.3 is 29.0 Å². The van der Waals surface area contributed by atoms with Crippen LogP contribution in [0.4, 0.5) is 5.69 Å². The molecule has 0 unspecified atom stereocenters. The molecule has 0 aliphatic heterocycles. The minimum absolute atomic E-state index is 0.000401. The molecular formula is C21H25NO7. The Labute approximate surface area is 169 Å². The molecule has 1 amide bonds. The van der Waals surface area contributed by atoms with E-state index in [1.54, 1.807) is 30.3 Å². The number of carbonyl (C=O) groups excluding carboxylic acids is 2. The fourth-order valence-electron chi connectivity index (χ4n) is 2.39. The molecule has 8 nitrogen and oxygen atoms in total. The molecule has 0 bridgehead atoms. The second-order valence-electron chi connectivity index (χ2n) is 5.75. The average molecular weight is 403 g/mol. The quantitative estimate of drug-likeness (QED) is 0.577. The lowest BCUT2D eigenvalue weighted by Crippen LogP contribution is -2.22. The van der Waals surface area contributed by atoms with E-state index in [0.29, 0.717) is 35.3 Å². The van der Waals surface area contributed by atoms with Gasteiger partial charge in [0.2, 0.25) is 0 Å². The fraction of sp³-hybridized carbons (Fsp3) is 0.333. The van der Waals surface area contributed by atoms with Gasteiger partial charge in [-0.2, -0.15) is 0 Å². The van der Waals surface area contributed by atoms with E-state index in [2.05, 4.69) is 5.32 Å². The Morgan fingerprint density at radius 2 is 1.66 bits per heavy atom. The topological polar surface area (TPSA) is 92.3 Å². The molecule has 29 heavy (non-hydrogen) atoms. The molecule has 0 saturated carbocycles. The average Bonchev–Trinajstić information content (AvgIpc) is 2.74. The Bertz CT molecular complexity index is 822. The summed E-state index contributed by atoms with van der Waals surface area (Å²) in [5.41, 5.74) is 0.449. The number of ether oxygens (including phenoxy) is 5. The van der Waals surface area contributed by atoms with Gasteiger partial charge in [0, 0.05) is 6.07 Å². The second-order valence-corrected chi connectivity index (χ2v) is 5.75. The molecule has 156 valence electrons. The Morgan fingerprint density at radius 1 is 0.931 bits per heavy atom. The SMILES string of the molecule is CCOc1ccccc1OCCC(=O)OCC(=O)Nc1ccc(OC)cc1OC. The van der Waals surface area contributed by atoms with Crippen LogP contribution in [0.2, 0.25) is 0 Å². The van der Waals surface area contributed by atoms with Crippen molar-refractivity contribution in [1.29, 1.82) is 0 Å². The van der Waals surface area contributed by atoms with Crippen LogP contribution in [0.3, 0.4) is 0 Å². The summed E-state index contributed by atoms with van der Waals surface area (Å²) in [7, 11) is 3.01. The van der Waals surface area contributed by atoms with E-state index in [9.17, 15) is 9.59 Å². The van der Waals surface area contributed by atoms with Gasteiger partial charge in [0.1, 0.15) is 11.5 Å². The molecule has 2 rings (SSSR count). The third kappa shape index (κ3) is 6.91. The Balaban J connectivity index is 1.76. The van der Waals surface area contributed by atoms with E-state index in [0.717, 1.165) is 0 Å². The van der Waals surface area contributed by atoms with Crippen LogP contribution >= 0.6 is 0 Å². The molecule has 0 aliphatic carbocycles. The molecule has 0 heterocycles. The number of hydrogen-bond acceptors (Lipinski definition) is 7. The Morgan fingerprint density at radius 3 is 2.31 bits per heavy atom. The van der Waals surface area contributed by atoms with Crippen molar-refractivity contribution in [1.82, 2.24) is 0 Å². The maximum absolute atomic E-state index is 12.0. The number of anilines is 1. The molecule has 0 fully saturated rings. The molecule has 0 aliphatic rings. The highest BCUT2D eigenvalue weighted by Gasteiger charge is 2.12. The van der Waals surface area contributed by atoms with Crippen molar-refractivity contribution >= 4 is 17.6 Å². The third-order valence-corrected chi connectivity index (χ3v) is 3.76. The number of para-hydroxylation sites is 2. The van der Waals surface area contributed by atoms with Gasteiger partial charge in [-0.05, 0) is 31.2 Å². The van der Waals surface area contributed by atoms with Crippen LogP contribution in [-0.2, 0) is 14.3 Å². The highest BCUT2D eigenvalue weighted by Crippen LogP contribution is 2.29. The Kier molecular flexibility index (Phi) is 8.62. The maximum atomic E-state index is 12.0. The number of nitrogens with one attached hydrogen (secondary N) is 1. The van der Waals surface area contributed by atoms with E-state index >= 15 is 0 Å². The summed E-state index contributed by atoms with van der Waals surface area (Å²) in [5.74, 6) is 1.16. The molecule has 0 saturated heterocycles. The standard InChI is InChI=1S/C21H25NO7/c1-4-27-17-7-5-6-8-18(17)28-12-11-21(24)29-14-20(23)22-16-10-9-15(25-2)13-19(16)26-3/h5-10,13H,4,11-12,14H2,1-3H3,(H,22,23). The highest BCUT2D eigenvalue weighted by atomic mass is 16.5. The van der Waals surface area contributed by atoms with Gasteiger partial charge >= 0.3 is 5.97 Å². The molecule has 0 radical (unpaired) electrons. The first kappa shape index (κ1) is 21.9. The van der Waals surface area contributed by atoms with Crippen LogP contribution in [-0.4, -0.2) is 45.9 Å². The minimum Gasteiger partial charge on any atom is -0.497 e. The smallest absolute Gasteiger partial charge is 0.309 e. The highest BCUT2D eigenvalue weighted by molar-refractivity contribution is 5.94. The van der Waals surface area contributed by atoms with Crippen molar-refractivity contribution in [3.8, 4) is 23.0 Å². The summed E-state index contributed by atoms with van der Waals surface area (Å²) in [6, 6.07) is 12.2. The van der Waals surface area contributed by atoms with E-state index in [4.69, 9.17) is 23.7 Å². The monoisotopic (exact) mass is 403 g/mol. The van der Waals surface area contributed by atoms with Crippen molar-refractivity contribution in [2.45, 2.75) is 13.3 Å². The van der Waals surface area contributed by atoms with E-state index < -0.39 is 18.5 Å². The molecule has 0 aromatic heterocycles. The van der Waals surface area contributed by atoms with Gasteiger partial charge in [-0.1, -0.05) is 12.1 Å². The minimum atomic E-state index is -0.546. The van der Waals surface area contributed by atoms with E-state index in [1.165, 1.54) is 14.2 Å². The molecule has 2 aromatic carbocycles. The van der Waals surface area contributed by atoms with Gasteiger partial charge in [-0.3, -0.25) is 9.59 Å². The summed E-state index contributed by atoms with van der Waals surface area (Å²) in [6.07, 6.45) is -0.000401. The summed E-state index contributed by atoms with van der Waals surface area (Å²) in [6.45, 7) is 2.08. The Hall–Kier alpha value is -3.42. The first-order valence-corrected chi connectivity index (χ1v) is 9.09. The number of benzene rings is 2. The number of esters is 1. The zero-order valence-corrected chi connectivity index (χ0v) is 16.7. The van der Waals surface area contributed by atoms with Crippen LogP contribution in [0, 0.1) is 0 Å². The molecule has 2 aromatic rings. The maximum Gasteiger partial charge on any atom is 0.309 e. The first-order chi connectivity index (χ1) is 14.1. The molecule has 8 heteroatoms. The van der Waals surface area contributed by atoms with Crippen molar-refractivity contribution in [3.63, 3.8) is 0 Å². The molecule has 1 N–H and O–H groups in total. The van der Waals surface area contributed by atoms with E-state index in [1.807, 2.05) is 19.1 Å². The van der Waals surface area contributed by atoms with Gasteiger partial charge in [-0.25, -0.2) is 0 Å². The number of methoxy groups -OCH3 is 2. The first-order valence-electron chi connectivity index (χ1n) is 9.09. The summed E-state index contributed by atoms with van der Waals surface area (Å²) in [5, 5.41) is 2.63. The second kappa shape index (κ2) is 11.4. The lowest BCUT2D eigenvalue weighted by molar-refractivity contribution is -0.147. The lowest BCUT2D eigenvalue weighted by atomic mass is 10.2. The summed E-state index contributed by atoms with van der Waals surface area (Å²) < 4.78 is 26.3. The number of amides is 1. The van der Waals surface area contributed by atoms with Crippen molar-refractivity contribution in [2.75, 3.05) is 39.4 Å². The van der Waals surface area contributed by atoms with Crippen molar-refractivity contribution in [2.24, 2.45) is 0 Å². The lowest BCUT2D eigenvalue weighted by Gasteiger charge is -2.12. The van der Waals surface area contributed by atoms with Crippen LogP contribution in [0.25, 0.3) is 0 Å². The summed E-state index contributed by atoms with van der Waals surface area (Å²) in [4.78, 5) is 23.9. The number of rotatable bonds is 11. The van der Waals surface area contributed by atoms with Crippen molar-refractivity contribution < 1.29 is 33.3 Å². The summed E-state index contributed by atoms with van der Waals surface area (Å²) >= 11 is 0. The van der Waals surface area contributed by atoms with Gasteiger partial charge in [0.15, 0.2) is 18.1 Å². The predicted molar refractivity (Wildman–Crippen MR) is 107 cm³/mol.